The van der Waals surface area contributed by atoms with Crippen LogP contribution < -0.4 is 24.3 Å². The van der Waals surface area contributed by atoms with Gasteiger partial charge in [-0.3, -0.25) is 4.79 Å². The molecule has 12 heteroatoms. The van der Waals surface area contributed by atoms with Gasteiger partial charge < -0.3 is 34.1 Å². The van der Waals surface area contributed by atoms with Gasteiger partial charge in [-0.15, -0.1) is 0 Å². The van der Waals surface area contributed by atoms with Crippen molar-refractivity contribution in [2.45, 2.75) is 37.6 Å². The Kier molecular flexibility index (Phi) is 11.6. The highest BCUT2D eigenvalue weighted by Gasteiger charge is 2.53. The number of aliphatic imine (C=N–C) groups is 1. The molecule has 5 rings (SSSR count). The number of hydrogen-bond acceptors (Lipinski definition) is 9. The molecule has 0 aromatic heterocycles. The first-order valence-electron chi connectivity index (χ1n) is 15.8. The van der Waals surface area contributed by atoms with Crippen LogP contribution >= 0.6 is 0 Å². The second kappa shape index (κ2) is 16.4. The topological polar surface area (TPSA) is 157 Å². The molecule has 4 aromatic rings. The third-order valence-corrected chi connectivity index (χ3v) is 8.17. The van der Waals surface area contributed by atoms with Gasteiger partial charge in [0, 0.05) is 36.5 Å². The van der Waals surface area contributed by atoms with Crippen molar-refractivity contribution in [1.29, 1.82) is 0 Å². The molecule has 1 aliphatic rings. The van der Waals surface area contributed by atoms with Gasteiger partial charge >= 0.3 is 0 Å². The van der Waals surface area contributed by atoms with Gasteiger partial charge in [-0.05, 0) is 64.2 Å². The summed E-state index contributed by atoms with van der Waals surface area (Å²) in [5, 5.41) is 16.0. The summed E-state index contributed by atoms with van der Waals surface area (Å²) in [6.07, 6.45) is -0.156. The maximum Gasteiger partial charge on any atom is 0.252 e. The zero-order valence-electron chi connectivity index (χ0n) is 27.7. The third-order valence-electron chi connectivity index (χ3n) is 8.17. The van der Waals surface area contributed by atoms with E-state index in [1.165, 1.54) is 21.3 Å². The Balaban J connectivity index is 1.59. The number of nitrogens with one attached hydrogen (secondary N) is 1. The molecule has 0 saturated carbocycles. The molecule has 1 amide bonds. The SMILES string of the molecule is COc1cc(CNC(=O)[C@]2(Cc3ccccc3)N=C(c3ccc(OCCCO)cc3)O[C@@H]2c2ccccc2CN=[N+]=[N-])cc(OC)c1OC. The molecule has 0 unspecified atom stereocenters. The molecule has 0 bridgehead atoms. The van der Waals surface area contributed by atoms with E-state index in [-0.39, 0.29) is 37.9 Å². The molecule has 0 spiro atoms. The zero-order valence-corrected chi connectivity index (χ0v) is 27.7. The van der Waals surface area contributed by atoms with Crippen LogP contribution in [0.1, 0.15) is 40.3 Å². The maximum atomic E-state index is 14.8. The first kappa shape index (κ1) is 34.6. The largest absolute Gasteiger partial charge is 0.494 e. The van der Waals surface area contributed by atoms with Gasteiger partial charge in [0.25, 0.3) is 5.91 Å². The molecular formula is C37H39N5O7. The Hall–Kier alpha value is -5.71. The first-order valence-corrected chi connectivity index (χ1v) is 15.8. The lowest BCUT2D eigenvalue weighted by atomic mass is 9.80. The van der Waals surface area contributed by atoms with Crippen LogP contribution in [0.4, 0.5) is 0 Å². The van der Waals surface area contributed by atoms with Crippen LogP contribution in [0.25, 0.3) is 10.4 Å². The number of amides is 1. The van der Waals surface area contributed by atoms with Crippen LogP contribution in [0.5, 0.6) is 23.0 Å². The van der Waals surface area contributed by atoms with E-state index in [2.05, 4.69) is 15.3 Å². The number of carbonyl (C=O) groups is 1. The number of aliphatic hydroxyl groups is 1. The fourth-order valence-corrected chi connectivity index (χ4v) is 5.78. The van der Waals surface area contributed by atoms with Crippen molar-refractivity contribution in [2.75, 3.05) is 34.5 Å². The smallest absolute Gasteiger partial charge is 0.252 e. The molecule has 4 aromatic carbocycles. The average Bonchev–Trinajstić information content (AvgIpc) is 3.53. The van der Waals surface area contributed by atoms with E-state index < -0.39 is 11.6 Å². The number of methoxy groups -OCH3 is 3. The number of azide groups is 1. The number of aliphatic hydroxyl groups excluding tert-OH is 1. The van der Waals surface area contributed by atoms with E-state index >= 15 is 0 Å². The predicted octanol–water partition coefficient (Wildman–Crippen LogP) is 6.10. The van der Waals surface area contributed by atoms with Crippen LogP contribution in [0.15, 0.2) is 101 Å². The Morgan fingerprint density at radius 1 is 0.959 bits per heavy atom. The summed E-state index contributed by atoms with van der Waals surface area (Å²) >= 11 is 0. The Labute approximate surface area is 284 Å². The van der Waals surface area contributed by atoms with Crippen molar-refractivity contribution in [2.24, 2.45) is 10.1 Å². The summed E-state index contributed by atoms with van der Waals surface area (Å²) in [4.78, 5) is 22.8. The van der Waals surface area contributed by atoms with E-state index in [1.54, 1.807) is 24.3 Å². The fourth-order valence-electron chi connectivity index (χ4n) is 5.78. The summed E-state index contributed by atoms with van der Waals surface area (Å²) in [5.41, 5.74) is 11.3. The van der Waals surface area contributed by atoms with Crippen molar-refractivity contribution in [3.8, 4) is 23.0 Å². The van der Waals surface area contributed by atoms with Crippen LogP contribution in [0.3, 0.4) is 0 Å². The van der Waals surface area contributed by atoms with Gasteiger partial charge in [0.15, 0.2) is 23.1 Å². The van der Waals surface area contributed by atoms with Crippen molar-refractivity contribution in [3.05, 3.63) is 129 Å². The molecule has 254 valence electrons. The molecular weight excluding hydrogens is 626 g/mol. The number of nitrogens with zero attached hydrogens (tertiary/aromatic N) is 4. The highest BCUT2D eigenvalue weighted by atomic mass is 16.5. The molecule has 1 aliphatic heterocycles. The zero-order chi connectivity index (χ0) is 34.6. The average molecular weight is 666 g/mol. The van der Waals surface area contributed by atoms with Crippen LogP contribution in [0, 0.1) is 0 Å². The number of benzene rings is 4. The number of hydrogen-bond donors (Lipinski definition) is 2. The molecule has 2 N–H and O–H groups in total. The van der Waals surface area contributed by atoms with Gasteiger partial charge in [-0.25, -0.2) is 4.99 Å². The maximum absolute atomic E-state index is 14.8. The molecule has 49 heavy (non-hydrogen) atoms. The predicted molar refractivity (Wildman–Crippen MR) is 184 cm³/mol. The van der Waals surface area contributed by atoms with Crippen LogP contribution in [0.2, 0.25) is 0 Å². The second-order valence-corrected chi connectivity index (χ2v) is 11.3. The minimum absolute atomic E-state index is 0.0381. The normalized spacial score (nSPS) is 16.5. The van der Waals surface area contributed by atoms with Crippen LogP contribution in [-0.4, -0.2) is 57.0 Å². The monoisotopic (exact) mass is 665 g/mol. The number of carbonyl (C=O) groups excluding carboxylic acids is 1. The van der Waals surface area contributed by atoms with Crippen molar-refractivity contribution in [1.82, 2.24) is 5.32 Å². The lowest BCUT2D eigenvalue weighted by Crippen LogP contribution is -2.49. The van der Waals surface area contributed by atoms with E-state index in [0.29, 0.717) is 52.7 Å². The molecule has 1 heterocycles. The van der Waals surface area contributed by atoms with Crippen molar-refractivity contribution in [3.63, 3.8) is 0 Å². The molecule has 0 aliphatic carbocycles. The Morgan fingerprint density at radius 2 is 1.65 bits per heavy atom. The van der Waals surface area contributed by atoms with E-state index in [4.69, 9.17) is 39.3 Å². The minimum Gasteiger partial charge on any atom is -0.494 e. The number of rotatable bonds is 16. The molecule has 2 atom stereocenters. The van der Waals surface area contributed by atoms with E-state index in [9.17, 15) is 4.79 Å². The lowest BCUT2D eigenvalue weighted by Gasteiger charge is -2.32. The highest BCUT2D eigenvalue weighted by Crippen LogP contribution is 2.44. The highest BCUT2D eigenvalue weighted by molar-refractivity contribution is 6.01. The summed E-state index contributed by atoms with van der Waals surface area (Å²) in [6, 6.07) is 27.9. The van der Waals surface area contributed by atoms with Gasteiger partial charge in [-0.2, -0.15) is 0 Å². The fraction of sp³-hybridized carbons (Fsp3) is 0.297. The molecule has 0 fully saturated rings. The second-order valence-electron chi connectivity index (χ2n) is 11.3. The Bertz CT molecular complexity index is 1780. The standard InChI is InChI=1S/C37H39N5O7/c1-45-31-20-26(21-32(46-2)33(31)47-3)23-39-36(44)37(22-25-10-5-4-6-11-25)34(30-13-8-7-12-28(30)24-40-42-38)49-35(41-37)27-14-16-29(17-15-27)48-19-9-18-43/h4-8,10-17,20-21,34,43H,9,18-19,22-24H2,1-3H3,(H,39,44)/t34-,37-/m1/s1. The quantitative estimate of drug-likeness (QED) is 0.0634. The van der Waals surface area contributed by atoms with E-state index in [1.807, 2.05) is 66.7 Å². The third kappa shape index (κ3) is 7.89. The van der Waals surface area contributed by atoms with E-state index in [0.717, 1.165) is 11.1 Å². The van der Waals surface area contributed by atoms with Gasteiger partial charge in [0.1, 0.15) is 5.75 Å². The van der Waals surface area contributed by atoms with Gasteiger partial charge in [0.05, 0.1) is 34.5 Å². The summed E-state index contributed by atoms with van der Waals surface area (Å²) in [6.45, 7) is 0.611. The summed E-state index contributed by atoms with van der Waals surface area (Å²) < 4.78 is 28.9. The Morgan fingerprint density at radius 3 is 2.31 bits per heavy atom. The lowest BCUT2D eigenvalue weighted by molar-refractivity contribution is -0.129. The summed E-state index contributed by atoms with van der Waals surface area (Å²) in [5.74, 6) is 1.91. The van der Waals surface area contributed by atoms with Gasteiger partial charge in [0.2, 0.25) is 11.6 Å². The summed E-state index contributed by atoms with van der Waals surface area (Å²) in [7, 11) is 4.60. The van der Waals surface area contributed by atoms with Gasteiger partial charge in [-0.1, -0.05) is 59.7 Å². The van der Waals surface area contributed by atoms with Crippen molar-refractivity contribution >= 4 is 11.8 Å². The van der Waals surface area contributed by atoms with Crippen LogP contribution in [-0.2, 0) is 29.0 Å². The first-order chi connectivity index (χ1) is 24.0. The van der Waals surface area contributed by atoms with Crippen molar-refractivity contribution < 1.29 is 33.6 Å². The minimum atomic E-state index is -1.47. The molecule has 12 nitrogen and oxygen atoms in total. The molecule has 0 saturated heterocycles. The molecule has 0 radical (unpaired) electrons. The number of ether oxygens (including phenoxy) is 5.